The minimum absolute atomic E-state index is 0.0541. The molecule has 2 aromatic rings. The number of amides is 2. The number of unbranched alkanes of at least 4 members (excludes halogenated alkanes) is 1. The van der Waals surface area contributed by atoms with Crippen molar-refractivity contribution < 1.29 is 14.3 Å². The topological polar surface area (TPSA) is 92.4 Å². The molecular weight excluding hydrogens is 452 g/mol. The van der Waals surface area contributed by atoms with Crippen LogP contribution in [0.5, 0.6) is 0 Å². The van der Waals surface area contributed by atoms with Gasteiger partial charge in [0.15, 0.2) is 5.15 Å². The van der Waals surface area contributed by atoms with E-state index in [4.69, 9.17) is 16.3 Å². The third kappa shape index (κ3) is 5.24. The minimum Gasteiger partial charge on any atom is -0.444 e. The van der Waals surface area contributed by atoms with Crippen molar-refractivity contribution in [3.8, 4) is 0 Å². The van der Waals surface area contributed by atoms with Gasteiger partial charge in [0.2, 0.25) is 5.91 Å². The molecule has 34 heavy (non-hydrogen) atoms. The second kappa shape index (κ2) is 9.25. The molecule has 1 aromatic carbocycles. The number of anilines is 2. The number of nitrogens with zero attached hydrogens (tertiary/aromatic N) is 1. The molecule has 0 atom stereocenters. The van der Waals surface area contributed by atoms with Crippen LogP contribution in [0.25, 0.3) is 10.9 Å². The zero-order valence-corrected chi connectivity index (χ0v) is 21.3. The largest absolute Gasteiger partial charge is 0.444 e. The Labute approximate surface area is 206 Å². The van der Waals surface area contributed by atoms with Gasteiger partial charge in [-0.05, 0) is 63.4 Å². The van der Waals surface area contributed by atoms with Crippen LogP contribution in [-0.4, -0.2) is 35.7 Å². The van der Waals surface area contributed by atoms with E-state index in [1.807, 2.05) is 45.0 Å². The second-order valence-corrected chi connectivity index (χ2v) is 11.4. The SMILES string of the molecule is CCCCC(=O)Nc1c(Cl)nc2ccccc2c1NCC12CC(CNC(=O)OC(C)(C)C)(C1)C2. The summed E-state index contributed by atoms with van der Waals surface area (Å²) in [4.78, 5) is 29.0. The number of halogens is 1. The molecule has 0 radical (unpaired) electrons. The standard InChI is InChI=1S/C26H35ClN4O3/c1-5-6-11-19(32)31-21-20(17-9-7-8-10-18(17)30-22(21)27)28-15-25-12-26(13-25,14-25)16-29-23(33)34-24(2,3)4/h7-10H,5-6,11-16H2,1-4H3,(H,28,30)(H,29,33)(H,31,32). The van der Waals surface area contributed by atoms with Crippen LogP contribution in [0.2, 0.25) is 5.15 Å². The van der Waals surface area contributed by atoms with Crippen LogP contribution in [-0.2, 0) is 9.53 Å². The Hall–Kier alpha value is -2.54. The van der Waals surface area contributed by atoms with Crippen molar-refractivity contribution in [2.75, 3.05) is 23.7 Å². The fraction of sp³-hybridized carbons (Fsp3) is 0.577. The molecule has 184 valence electrons. The maximum Gasteiger partial charge on any atom is 0.407 e. The number of hydrogen-bond donors (Lipinski definition) is 3. The molecule has 0 aliphatic heterocycles. The predicted octanol–water partition coefficient (Wildman–Crippen LogP) is 6.12. The Morgan fingerprint density at radius 3 is 2.44 bits per heavy atom. The van der Waals surface area contributed by atoms with Gasteiger partial charge in [-0.1, -0.05) is 43.1 Å². The number of nitrogens with one attached hydrogen (secondary N) is 3. The second-order valence-electron chi connectivity index (χ2n) is 11.1. The van der Waals surface area contributed by atoms with Gasteiger partial charge >= 0.3 is 6.09 Å². The lowest BCUT2D eigenvalue weighted by molar-refractivity contribution is -0.189. The predicted molar refractivity (Wildman–Crippen MR) is 136 cm³/mol. The molecule has 2 amide bonds. The molecular formula is C26H35ClN4O3. The number of pyridine rings is 1. The van der Waals surface area contributed by atoms with E-state index < -0.39 is 5.60 Å². The first-order valence-corrected chi connectivity index (χ1v) is 12.5. The summed E-state index contributed by atoms with van der Waals surface area (Å²) in [6.45, 7) is 9.08. The highest BCUT2D eigenvalue weighted by atomic mass is 35.5. The zero-order chi connectivity index (χ0) is 24.6. The van der Waals surface area contributed by atoms with Crippen LogP contribution in [0.4, 0.5) is 16.2 Å². The maximum absolute atomic E-state index is 12.5. The highest BCUT2D eigenvalue weighted by molar-refractivity contribution is 6.34. The van der Waals surface area contributed by atoms with Gasteiger partial charge in [0.05, 0.1) is 11.2 Å². The molecule has 5 rings (SSSR count). The fourth-order valence-electron chi connectivity index (χ4n) is 5.47. The molecule has 0 spiro atoms. The summed E-state index contributed by atoms with van der Waals surface area (Å²) in [7, 11) is 0. The highest BCUT2D eigenvalue weighted by Gasteiger charge is 2.67. The Morgan fingerprint density at radius 1 is 1.09 bits per heavy atom. The average molecular weight is 487 g/mol. The van der Waals surface area contributed by atoms with Gasteiger partial charge in [0.25, 0.3) is 0 Å². The van der Waals surface area contributed by atoms with Crippen molar-refractivity contribution in [3.63, 3.8) is 0 Å². The van der Waals surface area contributed by atoms with Crippen LogP contribution < -0.4 is 16.0 Å². The summed E-state index contributed by atoms with van der Waals surface area (Å²) >= 11 is 6.52. The lowest BCUT2D eigenvalue weighted by Crippen LogP contribution is -2.67. The van der Waals surface area contributed by atoms with Gasteiger partial charge in [0.1, 0.15) is 11.3 Å². The normalized spacial score (nSPS) is 23.0. The van der Waals surface area contributed by atoms with Crippen LogP contribution in [0.3, 0.4) is 0 Å². The summed E-state index contributed by atoms with van der Waals surface area (Å²) in [6, 6.07) is 7.81. The summed E-state index contributed by atoms with van der Waals surface area (Å²) in [6.07, 6.45) is 5.04. The molecule has 8 heteroatoms. The fourth-order valence-corrected chi connectivity index (χ4v) is 5.71. The van der Waals surface area contributed by atoms with E-state index in [9.17, 15) is 9.59 Å². The number of fused-ring (bicyclic) bond motifs is 1. The highest BCUT2D eigenvalue weighted by Crippen LogP contribution is 2.73. The van der Waals surface area contributed by atoms with E-state index in [1.165, 1.54) is 0 Å². The molecule has 3 aliphatic rings. The number of rotatable bonds is 9. The van der Waals surface area contributed by atoms with E-state index in [2.05, 4.69) is 27.9 Å². The summed E-state index contributed by atoms with van der Waals surface area (Å²) in [5.74, 6) is -0.0541. The number of benzene rings is 1. The molecule has 3 N–H and O–H groups in total. The van der Waals surface area contributed by atoms with Crippen LogP contribution in [0.15, 0.2) is 24.3 Å². The van der Waals surface area contributed by atoms with Gasteiger partial charge in [-0.25, -0.2) is 9.78 Å². The number of para-hydroxylation sites is 1. The zero-order valence-electron chi connectivity index (χ0n) is 20.5. The Balaban J connectivity index is 1.41. The van der Waals surface area contributed by atoms with E-state index >= 15 is 0 Å². The number of aromatic nitrogens is 1. The van der Waals surface area contributed by atoms with Crippen LogP contribution in [0.1, 0.15) is 66.2 Å². The lowest BCUT2D eigenvalue weighted by Gasteiger charge is -2.71. The third-order valence-electron chi connectivity index (χ3n) is 6.77. The Morgan fingerprint density at radius 2 is 1.76 bits per heavy atom. The first-order valence-electron chi connectivity index (χ1n) is 12.1. The number of carbonyl (C=O) groups is 2. The van der Waals surface area contributed by atoms with Crippen LogP contribution in [0, 0.1) is 10.8 Å². The average Bonchev–Trinajstić information content (AvgIpc) is 2.70. The Kier molecular flexibility index (Phi) is 6.69. The molecule has 0 unspecified atom stereocenters. The molecule has 2 bridgehead atoms. The van der Waals surface area contributed by atoms with Gasteiger partial charge in [-0.2, -0.15) is 0 Å². The van der Waals surface area contributed by atoms with Crippen molar-refractivity contribution in [1.82, 2.24) is 10.3 Å². The molecule has 3 fully saturated rings. The number of hydrogen-bond acceptors (Lipinski definition) is 5. The van der Waals surface area contributed by atoms with Crippen molar-refractivity contribution in [3.05, 3.63) is 29.4 Å². The van der Waals surface area contributed by atoms with E-state index in [0.717, 1.165) is 55.2 Å². The minimum atomic E-state index is -0.493. The van der Waals surface area contributed by atoms with Gasteiger partial charge < -0.3 is 20.7 Å². The van der Waals surface area contributed by atoms with Crippen LogP contribution >= 0.6 is 11.6 Å². The molecule has 1 aromatic heterocycles. The summed E-state index contributed by atoms with van der Waals surface area (Å²) < 4.78 is 5.36. The summed E-state index contributed by atoms with van der Waals surface area (Å²) in [5, 5.41) is 10.8. The van der Waals surface area contributed by atoms with Crippen molar-refractivity contribution in [1.29, 1.82) is 0 Å². The molecule has 1 heterocycles. The summed E-state index contributed by atoms with van der Waals surface area (Å²) in [5.41, 5.74) is 2.05. The van der Waals surface area contributed by atoms with E-state index in [-0.39, 0.29) is 22.8 Å². The monoisotopic (exact) mass is 486 g/mol. The van der Waals surface area contributed by atoms with Crippen molar-refractivity contribution >= 4 is 45.9 Å². The van der Waals surface area contributed by atoms with Crippen molar-refractivity contribution in [2.45, 2.75) is 71.8 Å². The van der Waals surface area contributed by atoms with Gasteiger partial charge in [0, 0.05) is 24.9 Å². The number of carbonyl (C=O) groups excluding carboxylic acids is 2. The van der Waals surface area contributed by atoms with Gasteiger partial charge in [-0.3, -0.25) is 4.79 Å². The quantitative estimate of drug-likeness (QED) is 0.371. The van der Waals surface area contributed by atoms with E-state index in [1.54, 1.807) is 0 Å². The Bertz CT molecular complexity index is 1080. The van der Waals surface area contributed by atoms with Crippen molar-refractivity contribution in [2.24, 2.45) is 10.8 Å². The maximum atomic E-state index is 12.5. The molecule has 3 saturated carbocycles. The molecule has 7 nitrogen and oxygen atoms in total. The number of ether oxygens (including phenoxy) is 1. The molecule has 0 saturated heterocycles. The van der Waals surface area contributed by atoms with E-state index in [0.29, 0.717) is 23.8 Å². The third-order valence-corrected chi connectivity index (χ3v) is 7.04. The lowest BCUT2D eigenvalue weighted by atomic mass is 9.35. The first kappa shape index (κ1) is 24.6. The molecule has 3 aliphatic carbocycles. The number of alkyl carbamates (subject to hydrolysis) is 1. The first-order chi connectivity index (χ1) is 16.0. The smallest absolute Gasteiger partial charge is 0.407 e. The van der Waals surface area contributed by atoms with Gasteiger partial charge in [-0.15, -0.1) is 0 Å².